The fourth-order valence-electron chi connectivity index (χ4n) is 0.771. The van der Waals surface area contributed by atoms with E-state index in [1.807, 2.05) is 13.8 Å². The molecule has 12 atom stereocenters. The second-order valence-electron chi connectivity index (χ2n) is 3.67. The van der Waals surface area contributed by atoms with Crippen LogP contribution in [0.2, 0.25) is 0 Å². The van der Waals surface area contributed by atoms with E-state index in [-0.39, 0.29) is 14.6 Å². The quantitative estimate of drug-likeness (QED) is 0.261. The lowest BCUT2D eigenvalue weighted by Gasteiger charge is -2.03. The van der Waals surface area contributed by atoms with Crippen molar-refractivity contribution in [3.05, 3.63) is 23.8 Å². The maximum atomic E-state index is 2.91. The number of rotatable bonds is 8. The van der Waals surface area contributed by atoms with E-state index in [1.54, 1.807) is 0 Å². The zero-order chi connectivity index (χ0) is 19.8. The third-order valence-electron chi connectivity index (χ3n) is 1.74. The van der Waals surface area contributed by atoms with Crippen molar-refractivity contribution in [1.29, 1.82) is 0 Å². The molecule has 0 saturated heterocycles. The minimum Gasteiger partial charge on any atom is -0.110 e. The van der Waals surface area contributed by atoms with Gasteiger partial charge >= 0.3 is 0 Å². The molecule has 0 amide bonds. The van der Waals surface area contributed by atoms with Gasteiger partial charge in [-0.1, -0.05) is 89.1 Å². The first-order valence-corrected chi connectivity index (χ1v) is 27.9. The van der Waals surface area contributed by atoms with Crippen molar-refractivity contribution in [2.45, 2.75) is 47.5 Å². The number of allylic oxidation sites excluding steroid dienone is 2. The molecule has 0 radical (unpaired) electrons. The molecular formula is C12H40P12. The van der Waals surface area contributed by atoms with Crippen LogP contribution in [0.15, 0.2) is 23.8 Å². The largest absolute Gasteiger partial charge is 0.110 e. The Labute approximate surface area is 176 Å². The molecule has 0 N–H and O–H groups in total. The van der Waals surface area contributed by atoms with Gasteiger partial charge in [-0.05, 0) is 34.1 Å². The minimum atomic E-state index is 0.143. The van der Waals surface area contributed by atoms with Gasteiger partial charge in [0.1, 0.15) is 0 Å². The van der Waals surface area contributed by atoms with Gasteiger partial charge in [0.2, 0.25) is 0 Å². The van der Waals surface area contributed by atoms with Crippen LogP contribution < -0.4 is 0 Å². The first kappa shape index (κ1) is 36.0. The zero-order valence-corrected chi connectivity index (χ0v) is 28.3. The molecule has 0 aromatic heterocycles. The van der Waals surface area contributed by atoms with Gasteiger partial charge in [0.05, 0.1) is 0 Å². The van der Waals surface area contributed by atoms with Gasteiger partial charge < -0.3 is 0 Å². The van der Waals surface area contributed by atoms with E-state index in [0.717, 1.165) is 23.9 Å². The van der Waals surface area contributed by atoms with Crippen LogP contribution in [0.4, 0.5) is 0 Å². The molecule has 0 aliphatic carbocycles. The molecule has 24 heavy (non-hydrogen) atoms. The molecule has 0 heterocycles. The first-order valence-electron chi connectivity index (χ1n) is 7.71. The zero-order valence-electron chi connectivity index (χ0n) is 15.7. The van der Waals surface area contributed by atoms with Gasteiger partial charge in [-0.15, -0.1) is 53.6 Å². The van der Waals surface area contributed by atoms with E-state index in [0.29, 0.717) is 7.30 Å². The summed E-state index contributed by atoms with van der Waals surface area (Å²) in [7, 11) is 20.6. The molecule has 0 saturated carbocycles. The van der Waals surface area contributed by atoms with Crippen molar-refractivity contribution >= 4 is 99.3 Å². The SMILES string of the molecule is CC.CC=CP(P)PP.CCC=CP(P)PP.CCCP(P)PP. The normalized spacial score (nSPS) is 15.3. The second-order valence-corrected chi connectivity index (χ2v) is 32.0. The third kappa shape index (κ3) is 41.1. The lowest BCUT2D eigenvalue weighted by Crippen LogP contribution is -1.64. The van der Waals surface area contributed by atoms with Crippen LogP contribution in [0, 0.1) is 0 Å². The maximum Gasteiger partial charge on any atom is -0.0255 e. The summed E-state index contributed by atoms with van der Waals surface area (Å²) in [6.45, 7) is 10.5. The topological polar surface area (TPSA) is 0 Å². The van der Waals surface area contributed by atoms with Crippen molar-refractivity contribution in [1.82, 2.24) is 0 Å². The molecule has 148 valence electrons. The fourth-order valence-corrected chi connectivity index (χ4v) is 9.02. The van der Waals surface area contributed by atoms with Crippen LogP contribution in [0.3, 0.4) is 0 Å². The van der Waals surface area contributed by atoms with E-state index in [2.05, 4.69) is 98.1 Å². The maximum absolute atomic E-state index is 2.91. The summed E-state index contributed by atoms with van der Waals surface area (Å²) in [5.41, 5.74) is 0. The van der Waals surface area contributed by atoms with Crippen LogP contribution in [0.1, 0.15) is 47.5 Å². The summed E-state index contributed by atoms with van der Waals surface area (Å²) in [5.74, 6) is 4.54. The Morgan fingerprint density at radius 3 is 1.50 bits per heavy atom. The Balaban J connectivity index is -0.000000119. The number of hydrogen-bond donors (Lipinski definition) is 0. The van der Waals surface area contributed by atoms with Crippen LogP contribution in [-0.2, 0) is 0 Å². The minimum absolute atomic E-state index is 0.143. The molecule has 0 rings (SSSR count). The summed E-state index contributed by atoms with van der Waals surface area (Å²) in [5, 5.41) is 0. The fraction of sp³-hybridized carbons (Fsp3) is 0.667. The molecule has 12 unspecified atom stereocenters. The van der Waals surface area contributed by atoms with Gasteiger partial charge in [0, 0.05) is 0 Å². The Hall–Kier alpha value is 4.64. The average molecular weight is 556 g/mol. The van der Waals surface area contributed by atoms with Crippen molar-refractivity contribution in [3.63, 3.8) is 0 Å². The lowest BCUT2D eigenvalue weighted by atomic mass is 10.5. The Kier molecular flexibility index (Phi) is 52.7. The highest BCUT2D eigenvalue weighted by atomic mass is 32.6. The van der Waals surface area contributed by atoms with Gasteiger partial charge in [-0.3, -0.25) is 0 Å². The average Bonchev–Trinajstić information content (AvgIpc) is 2.62. The van der Waals surface area contributed by atoms with Crippen molar-refractivity contribution in [2.75, 3.05) is 6.16 Å². The van der Waals surface area contributed by atoms with Crippen LogP contribution in [-0.4, -0.2) is 6.16 Å². The first-order chi connectivity index (χ1) is 11.4. The van der Waals surface area contributed by atoms with Gasteiger partial charge in [-0.2, -0.15) is 0 Å². The predicted octanol–water partition coefficient (Wildman–Crippen LogP) is 10.8. The molecule has 0 aliphatic heterocycles. The van der Waals surface area contributed by atoms with Gasteiger partial charge in [-0.25, -0.2) is 0 Å². The van der Waals surface area contributed by atoms with E-state index < -0.39 is 0 Å². The molecule has 0 fully saturated rings. The number of hydrogen-bond acceptors (Lipinski definition) is 0. The predicted molar refractivity (Wildman–Crippen MR) is 165 cm³/mol. The highest BCUT2D eigenvalue weighted by Crippen LogP contribution is 2.67. The molecule has 0 aromatic rings. The Bertz CT molecular complexity index is 248. The standard InChI is InChI=1S/C4H12P4.C3H12P4.C3H10P4.C2H6/c1-2-3-4-8(6)7-5;2*1-2-3-7(5)6-4;1-2/h3-4,7H,2,5-6H2,1H3;6H,2-5H2,1H3;2-3,6H,4-5H2,1H3;1-2H3. The summed E-state index contributed by atoms with van der Waals surface area (Å²) >= 11 is 0. The van der Waals surface area contributed by atoms with Gasteiger partial charge in [0.25, 0.3) is 0 Å². The molecule has 0 bridgehead atoms. The van der Waals surface area contributed by atoms with Crippen LogP contribution in [0.25, 0.3) is 0 Å². The molecule has 0 aliphatic rings. The summed E-state index contributed by atoms with van der Waals surface area (Å²) < 4.78 is 0. The monoisotopic (exact) mass is 556 g/mol. The Morgan fingerprint density at radius 2 is 1.29 bits per heavy atom. The smallest absolute Gasteiger partial charge is 0.0255 e. The third-order valence-corrected chi connectivity index (χ3v) is 31.3. The highest BCUT2D eigenvalue weighted by molar-refractivity contribution is 8.62. The molecule has 0 aromatic carbocycles. The molecule has 0 spiro atoms. The van der Waals surface area contributed by atoms with Gasteiger partial charge in [0.15, 0.2) is 0 Å². The lowest BCUT2D eigenvalue weighted by molar-refractivity contribution is 1.11. The summed E-state index contributed by atoms with van der Waals surface area (Å²) in [6.07, 6.45) is 8.27. The van der Waals surface area contributed by atoms with E-state index in [4.69, 9.17) is 0 Å². The second kappa shape index (κ2) is 35.1. The molecule has 0 nitrogen and oxygen atoms in total. The van der Waals surface area contributed by atoms with Crippen LogP contribution >= 0.6 is 99.3 Å². The van der Waals surface area contributed by atoms with Crippen molar-refractivity contribution < 1.29 is 0 Å². The van der Waals surface area contributed by atoms with E-state index >= 15 is 0 Å². The summed E-state index contributed by atoms with van der Waals surface area (Å²) in [6, 6.07) is 0. The molecular weight excluding hydrogens is 516 g/mol. The van der Waals surface area contributed by atoms with Crippen molar-refractivity contribution in [2.24, 2.45) is 0 Å². The Morgan fingerprint density at radius 1 is 0.833 bits per heavy atom. The van der Waals surface area contributed by atoms with E-state index in [1.165, 1.54) is 19.0 Å². The van der Waals surface area contributed by atoms with Crippen molar-refractivity contribution in [3.8, 4) is 0 Å². The summed E-state index contributed by atoms with van der Waals surface area (Å²) in [4.78, 5) is 0. The molecule has 12 heteroatoms. The highest BCUT2D eigenvalue weighted by Gasteiger charge is 1.91. The van der Waals surface area contributed by atoms with E-state index in [9.17, 15) is 0 Å². The van der Waals surface area contributed by atoms with Crippen LogP contribution in [0.5, 0.6) is 0 Å².